The van der Waals surface area contributed by atoms with E-state index in [4.69, 9.17) is 21.1 Å². The molecule has 20 heavy (non-hydrogen) atoms. The van der Waals surface area contributed by atoms with E-state index in [-0.39, 0.29) is 5.82 Å². The van der Waals surface area contributed by atoms with Gasteiger partial charge < -0.3 is 14.6 Å². The van der Waals surface area contributed by atoms with Gasteiger partial charge in [-0.3, -0.25) is 0 Å². The zero-order valence-electron chi connectivity index (χ0n) is 11.1. The molecule has 0 amide bonds. The lowest BCUT2D eigenvalue weighted by atomic mass is 10.0. The Morgan fingerprint density at radius 3 is 2.25 bits per heavy atom. The quantitative estimate of drug-likeness (QED) is 0.937. The normalized spacial score (nSPS) is 12.1. The SMILES string of the molecule is COc1cc(C(O)c2ccc(F)cc2)cc(Cl)c1OC. The number of rotatable bonds is 4. The van der Waals surface area contributed by atoms with Crippen LogP contribution in [0.1, 0.15) is 17.2 Å². The van der Waals surface area contributed by atoms with Gasteiger partial charge in [-0.25, -0.2) is 4.39 Å². The van der Waals surface area contributed by atoms with E-state index in [1.165, 1.54) is 38.5 Å². The number of aliphatic hydroxyl groups is 1. The molecule has 3 nitrogen and oxygen atoms in total. The number of benzene rings is 2. The predicted octanol–water partition coefficient (Wildman–Crippen LogP) is 3.58. The molecule has 1 unspecified atom stereocenters. The zero-order valence-corrected chi connectivity index (χ0v) is 11.8. The summed E-state index contributed by atoms with van der Waals surface area (Å²) in [6.07, 6.45) is -0.923. The Morgan fingerprint density at radius 1 is 1.05 bits per heavy atom. The Hall–Kier alpha value is -1.78. The third kappa shape index (κ3) is 2.86. The van der Waals surface area contributed by atoms with Crippen LogP contribution in [-0.4, -0.2) is 19.3 Å². The first-order chi connectivity index (χ1) is 9.56. The second kappa shape index (κ2) is 6.11. The maximum absolute atomic E-state index is 12.9. The second-order valence-corrected chi connectivity index (χ2v) is 4.60. The summed E-state index contributed by atoms with van der Waals surface area (Å²) in [6, 6.07) is 8.85. The Balaban J connectivity index is 2.42. The smallest absolute Gasteiger partial charge is 0.179 e. The van der Waals surface area contributed by atoms with Crippen LogP contribution < -0.4 is 9.47 Å². The molecule has 0 aliphatic heterocycles. The van der Waals surface area contributed by atoms with Crippen molar-refractivity contribution < 1.29 is 19.0 Å². The molecular formula is C15H14ClFO3. The predicted molar refractivity (Wildman–Crippen MR) is 75.0 cm³/mol. The number of aliphatic hydroxyl groups excluding tert-OH is 1. The van der Waals surface area contributed by atoms with E-state index in [0.29, 0.717) is 27.6 Å². The van der Waals surface area contributed by atoms with Crippen LogP contribution in [0.25, 0.3) is 0 Å². The number of methoxy groups -OCH3 is 2. The van der Waals surface area contributed by atoms with E-state index in [0.717, 1.165) is 0 Å². The van der Waals surface area contributed by atoms with Gasteiger partial charge in [-0.2, -0.15) is 0 Å². The molecule has 1 atom stereocenters. The molecule has 0 heterocycles. The topological polar surface area (TPSA) is 38.7 Å². The molecule has 0 aromatic heterocycles. The van der Waals surface area contributed by atoms with Gasteiger partial charge in [-0.1, -0.05) is 23.7 Å². The van der Waals surface area contributed by atoms with E-state index >= 15 is 0 Å². The summed E-state index contributed by atoms with van der Waals surface area (Å²) in [5.41, 5.74) is 1.11. The van der Waals surface area contributed by atoms with E-state index in [1.54, 1.807) is 12.1 Å². The molecule has 2 aromatic rings. The standard InChI is InChI=1S/C15H14ClFO3/c1-19-13-8-10(7-12(16)15(13)20-2)14(18)9-3-5-11(17)6-4-9/h3-8,14,18H,1-2H3. The van der Waals surface area contributed by atoms with Crippen LogP contribution in [0.5, 0.6) is 11.5 Å². The minimum atomic E-state index is -0.923. The molecular weight excluding hydrogens is 283 g/mol. The van der Waals surface area contributed by atoms with Crippen molar-refractivity contribution in [2.75, 3.05) is 14.2 Å². The van der Waals surface area contributed by atoms with Gasteiger partial charge in [0, 0.05) is 0 Å². The van der Waals surface area contributed by atoms with Gasteiger partial charge in [-0.05, 0) is 35.4 Å². The largest absolute Gasteiger partial charge is 0.493 e. The molecule has 2 aromatic carbocycles. The lowest BCUT2D eigenvalue weighted by molar-refractivity contribution is 0.219. The summed E-state index contributed by atoms with van der Waals surface area (Å²) < 4.78 is 23.2. The third-order valence-corrected chi connectivity index (χ3v) is 3.24. The first kappa shape index (κ1) is 14.6. The summed E-state index contributed by atoms with van der Waals surface area (Å²) >= 11 is 6.09. The highest BCUT2D eigenvalue weighted by atomic mass is 35.5. The summed E-state index contributed by atoms with van der Waals surface area (Å²) in [7, 11) is 2.97. The molecule has 0 saturated carbocycles. The van der Waals surface area contributed by atoms with E-state index in [1.807, 2.05) is 0 Å². The lowest BCUT2D eigenvalue weighted by Gasteiger charge is -2.16. The first-order valence-electron chi connectivity index (χ1n) is 5.91. The van der Waals surface area contributed by atoms with Crippen molar-refractivity contribution in [3.8, 4) is 11.5 Å². The Bertz CT molecular complexity index is 599. The first-order valence-corrected chi connectivity index (χ1v) is 6.29. The summed E-state index contributed by atoms with van der Waals surface area (Å²) in [6.45, 7) is 0. The fraction of sp³-hybridized carbons (Fsp3) is 0.200. The third-order valence-electron chi connectivity index (χ3n) is 2.96. The Kier molecular flexibility index (Phi) is 4.47. The van der Waals surface area contributed by atoms with Crippen molar-refractivity contribution in [3.05, 3.63) is 58.4 Å². The van der Waals surface area contributed by atoms with Gasteiger partial charge in [0.05, 0.1) is 19.2 Å². The van der Waals surface area contributed by atoms with Gasteiger partial charge >= 0.3 is 0 Å². The number of ether oxygens (including phenoxy) is 2. The Labute approximate surface area is 121 Å². The molecule has 0 saturated heterocycles. The molecule has 0 fully saturated rings. The molecule has 0 radical (unpaired) electrons. The second-order valence-electron chi connectivity index (χ2n) is 4.19. The maximum atomic E-state index is 12.9. The molecule has 106 valence electrons. The van der Waals surface area contributed by atoms with E-state index in [9.17, 15) is 9.50 Å². The molecule has 5 heteroatoms. The van der Waals surface area contributed by atoms with Crippen LogP contribution >= 0.6 is 11.6 Å². The van der Waals surface area contributed by atoms with E-state index in [2.05, 4.69) is 0 Å². The minimum absolute atomic E-state index is 0.336. The minimum Gasteiger partial charge on any atom is -0.493 e. The average Bonchev–Trinajstić information content (AvgIpc) is 2.46. The Morgan fingerprint density at radius 2 is 1.70 bits per heavy atom. The highest BCUT2D eigenvalue weighted by Crippen LogP contribution is 2.38. The van der Waals surface area contributed by atoms with Crippen LogP contribution in [0.2, 0.25) is 5.02 Å². The van der Waals surface area contributed by atoms with Crippen molar-refractivity contribution in [2.24, 2.45) is 0 Å². The van der Waals surface area contributed by atoms with Crippen LogP contribution in [0.3, 0.4) is 0 Å². The summed E-state index contributed by atoms with van der Waals surface area (Å²) in [5, 5.41) is 10.6. The van der Waals surface area contributed by atoms with Crippen LogP contribution in [-0.2, 0) is 0 Å². The fourth-order valence-electron chi connectivity index (χ4n) is 1.93. The van der Waals surface area contributed by atoms with Gasteiger partial charge in [0.1, 0.15) is 11.9 Å². The van der Waals surface area contributed by atoms with Gasteiger partial charge in [0.25, 0.3) is 0 Å². The van der Waals surface area contributed by atoms with Crippen LogP contribution in [0.4, 0.5) is 4.39 Å². The van der Waals surface area contributed by atoms with Crippen molar-refractivity contribution in [1.29, 1.82) is 0 Å². The lowest BCUT2D eigenvalue weighted by Crippen LogP contribution is -2.01. The zero-order chi connectivity index (χ0) is 14.7. The molecule has 0 aliphatic carbocycles. The van der Waals surface area contributed by atoms with E-state index < -0.39 is 6.10 Å². The molecule has 2 rings (SSSR count). The van der Waals surface area contributed by atoms with Crippen molar-refractivity contribution in [1.82, 2.24) is 0 Å². The average molecular weight is 297 g/mol. The summed E-state index contributed by atoms with van der Waals surface area (Å²) in [4.78, 5) is 0. The molecule has 0 aliphatic rings. The maximum Gasteiger partial charge on any atom is 0.179 e. The van der Waals surface area contributed by atoms with Crippen molar-refractivity contribution in [3.63, 3.8) is 0 Å². The van der Waals surface area contributed by atoms with Gasteiger partial charge in [0.2, 0.25) is 0 Å². The molecule has 0 bridgehead atoms. The number of hydrogen-bond donors (Lipinski definition) is 1. The monoisotopic (exact) mass is 296 g/mol. The highest BCUT2D eigenvalue weighted by molar-refractivity contribution is 6.32. The van der Waals surface area contributed by atoms with Crippen molar-refractivity contribution >= 4 is 11.6 Å². The highest BCUT2D eigenvalue weighted by Gasteiger charge is 2.17. The van der Waals surface area contributed by atoms with Gasteiger partial charge in [-0.15, -0.1) is 0 Å². The molecule has 1 N–H and O–H groups in total. The molecule has 0 spiro atoms. The number of halogens is 2. The van der Waals surface area contributed by atoms with Crippen LogP contribution in [0, 0.1) is 5.82 Å². The van der Waals surface area contributed by atoms with Crippen molar-refractivity contribution in [2.45, 2.75) is 6.10 Å². The van der Waals surface area contributed by atoms with Gasteiger partial charge in [0.15, 0.2) is 11.5 Å². The number of hydrogen-bond acceptors (Lipinski definition) is 3. The fourth-order valence-corrected chi connectivity index (χ4v) is 2.23. The van der Waals surface area contributed by atoms with Crippen LogP contribution in [0.15, 0.2) is 36.4 Å². The summed E-state index contributed by atoms with van der Waals surface area (Å²) in [5.74, 6) is 0.478.